The zero-order valence-electron chi connectivity index (χ0n) is 6.82. The van der Waals surface area contributed by atoms with Crippen LogP contribution in [-0.2, 0) is 9.59 Å². The standard InChI is InChI=1S/C7H13N3O2/c8-4-2-1-3-6(7(9)12)10-5-11/h6H,1-4,8H2,(H2,9,12)/t6-/m0/s1. The van der Waals surface area contributed by atoms with Crippen molar-refractivity contribution in [3.63, 3.8) is 0 Å². The molecule has 0 fully saturated rings. The van der Waals surface area contributed by atoms with Crippen LogP contribution in [0.25, 0.3) is 0 Å². The molecule has 0 bridgehead atoms. The van der Waals surface area contributed by atoms with Crippen LogP contribution in [0.4, 0.5) is 0 Å². The minimum atomic E-state index is -0.728. The summed E-state index contributed by atoms with van der Waals surface area (Å²) < 4.78 is 0. The van der Waals surface area contributed by atoms with Gasteiger partial charge in [-0.05, 0) is 25.8 Å². The smallest absolute Gasteiger partial charge is 0.243 e. The molecule has 0 aliphatic heterocycles. The van der Waals surface area contributed by atoms with Gasteiger partial charge in [0.25, 0.3) is 0 Å². The molecule has 0 aromatic rings. The minimum absolute atomic E-state index is 0.474. The van der Waals surface area contributed by atoms with Crippen LogP contribution in [0.15, 0.2) is 4.99 Å². The average molecular weight is 171 g/mol. The molecular formula is C7H13N3O2. The summed E-state index contributed by atoms with van der Waals surface area (Å²) in [5, 5.41) is 0. The Kier molecular flexibility index (Phi) is 5.87. The van der Waals surface area contributed by atoms with Crippen LogP contribution >= 0.6 is 0 Å². The van der Waals surface area contributed by atoms with Crippen LogP contribution in [0, 0.1) is 0 Å². The monoisotopic (exact) mass is 171 g/mol. The summed E-state index contributed by atoms with van der Waals surface area (Å²) in [5.74, 6) is -0.588. The molecule has 1 atom stereocenters. The van der Waals surface area contributed by atoms with Crippen LogP contribution in [0.3, 0.4) is 0 Å². The maximum Gasteiger partial charge on any atom is 0.243 e. The zero-order valence-corrected chi connectivity index (χ0v) is 6.82. The van der Waals surface area contributed by atoms with Crippen LogP contribution in [-0.4, -0.2) is 24.6 Å². The van der Waals surface area contributed by atoms with Crippen LogP contribution in [0.2, 0.25) is 0 Å². The first-order valence-corrected chi connectivity index (χ1v) is 3.78. The molecule has 0 heterocycles. The van der Waals surface area contributed by atoms with Crippen molar-refractivity contribution in [2.24, 2.45) is 16.5 Å². The van der Waals surface area contributed by atoms with E-state index < -0.39 is 11.9 Å². The molecule has 5 nitrogen and oxygen atoms in total. The molecule has 68 valence electrons. The van der Waals surface area contributed by atoms with Gasteiger partial charge in [0.05, 0.1) is 0 Å². The number of unbranched alkanes of at least 4 members (excludes halogenated alkanes) is 1. The number of primary amides is 1. The van der Waals surface area contributed by atoms with E-state index >= 15 is 0 Å². The molecule has 0 radical (unpaired) electrons. The number of nitrogens with zero attached hydrogens (tertiary/aromatic N) is 1. The largest absolute Gasteiger partial charge is 0.368 e. The topological polar surface area (TPSA) is 98.5 Å². The maximum atomic E-state index is 10.6. The van der Waals surface area contributed by atoms with Crippen LogP contribution in [0.1, 0.15) is 19.3 Å². The van der Waals surface area contributed by atoms with E-state index in [4.69, 9.17) is 11.5 Å². The summed E-state index contributed by atoms with van der Waals surface area (Å²) in [6.45, 7) is 0.566. The van der Waals surface area contributed by atoms with Crippen LogP contribution in [0.5, 0.6) is 0 Å². The molecule has 0 saturated heterocycles. The molecule has 0 aromatic carbocycles. The SMILES string of the molecule is NCCCC[C@H](N=C=O)C(N)=O. The van der Waals surface area contributed by atoms with Crippen molar-refractivity contribution in [1.82, 2.24) is 0 Å². The maximum absolute atomic E-state index is 10.6. The fourth-order valence-corrected chi connectivity index (χ4v) is 0.816. The number of amides is 1. The van der Waals surface area contributed by atoms with Gasteiger partial charge in [0.1, 0.15) is 6.04 Å². The van der Waals surface area contributed by atoms with Crippen molar-refractivity contribution in [3.8, 4) is 0 Å². The van der Waals surface area contributed by atoms with Crippen molar-refractivity contribution in [2.45, 2.75) is 25.3 Å². The van der Waals surface area contributed by atoms with Crippen molar-refractivity contribution >= 4 is 12.0 Å². The lowest BCUT2D eigenvalue weighted by Gasteiger charge is -2.04. The highest BCUT2D eigenvalue weighted by atomic mass is 16.1. The lowest BCUT2D eigenvalue weighted by Crippen LogP contribution is -2.26. The third-order valence-corrected chi connectivity index (χ3v) is 1.47. The Bertz CT molecular complexity index is 185. The molecule has 0 aliphatic rings. The molecule has 5 heteroatoms. The average Bonchev–Trinajstić information content (AvgIpc) is 2.03. The van der Waals surface area contributed by atoms with Gasteiger partial charge in [-0.1, -0.05) is 0 Å². The summed E-state index contributed by atoms with van der Waals surface area (Å²) in [4.78, 5) is 23.7. The van der Waals surface area contributed by atoms with Gasteiger partial charge in [0.2, 0.25) is 12.0 Å². The Labute approximate surface area is 70.8 Å². The van der Waals surface area contributed by atoms with Gasteiger partial charge < -0.3 is 11.5 Å². The van der Waals surface area contributed by atoms with Gasteiger partial charge in [-0.15, -0.1) is 0 Å². The van der Waals surface area contributed by atoms with Crippen LogP contribution < -0.4 is 11.5 Å². The number of hydrogen-bond acceptors (Lipinski definition) is 4. The van der Waals surface area contributed by atoms with E-state index in [-0.39, 0.29) is 0 Å². The number of isocyanates is 1. The van der Waals surface area contributed by atoms with E-state index in [1.54, 1.807) is 0 Å². The second-order valence-electron chi connectivity index (χ2n) is 2.42. The summed E-state index contributed by atoms with van der Waals surface area (Å²) in [6, 6.07) is -0.728. The third kappa shape index (κ3) is 4.60. The van der Waals surface area contributed by atoms with Crippen molar-refractivity contribution in [1.29, 1.82) is 0 Å². The highest BCUT2D eigenvalue weighted by Crippen LogP contribution is 2.02. The van der Waals surface area contributed by atoms with Crippen molar-refractivity contribution < 1.29 is 9.59 Å². The summed E-state index contributed by atoms with van der Waals surface area (Å²) >= 11 is 0. The van der Waals surface area contributed by atoms with Gasteiger partial charge in [-0.2, -0.15) is 4.99 Å². The minimum Gasteiger partial charge on any atom is -0.368 e. The number of carbonyl (C=O) groups is 1. The highest BCUT2D eigenvalue weighted by Gasteiger charge is 2.12. The van der Waals surface area contributed by atoms with Gasteiger partial charge in [0, 0.05) is 0 Å². The van der Waals surface area contributed by atoms with E-state index in [9.17, 15) is 9.59 Å². The molecule has 0 saturated carbocycles. The fraction of sp³-hybridized carbons (Fsp3) is 0.714. The predicted octanol–water partition coefficient (Wildman–Crippen LogP) is -0.695. The van der Waals surface area contributed by atoms with Gasteiger partial charge in [0.15, 0.2) is 0 Å². The lowest BCUT2D eigenvalue weighted by atomic mass is 10.1. The molecule has 0 spiro atoms. The normalized spacial score (nSPS) is 11.8. The first-order valence-electron chi connectivity index (χ1n) is 3.78. The Hall–Kier alpha value is -1.19. The molecule has 4 N–H and O–H groups in total. The molecule has 0 unspecified atom stereocenters. The van der Waals surface area contributed by atoms with E-state index in [0.717, 1.165) is 12.8 Å². The van der Waals surface area contributed by atoms with E-state index in [0.29, 0.717) is 13.0 Å². The highest BCUT2D eigenvalue weighted by molar-refractivity contribution is 5.80. The Balaban J connectivity index is 3.79. The summed E-state index contributed by atoms with van der Waals surface area (Å²) in [5.41, 5.74) is 10.2. The molecular weight excluding hydrogens is 158 g/mol. The van der Waals surface area contributed by atoms with E-state index in [1.165, 1.54) is 6.08 Å². The van der Waals surface area contributed by atoms with Crippen molar-refractivity contribution in [3.05, 3.63) is 0 Å². The molecule has 0 aromatic heterocycles. The van der Waals surface area contributed by atoms with Gasteiger partial charge in [-0.25, -0.2) is 4.79 Å². The Morgan fingerprint density at radius 1 is 1.50 bits per heavy atom. The number of hydrogen-bond donors (Lipinski definition) is 2. The quantitative estimate of drug-likeness (QED) is 0.314. The van der Waals surface area contributed by atoms with Crippen molar-refractivity contribution in [2.75, 3.05) is 6.54 Å². The van der Waals surface area contributed by atoms with E-state index in [2.05, 4.69) is 4.99 Å². The Morgan fingerprint density at radius 3 is 2.58 bits per heavy atom. The van der Waals surface area contributed by atoms with E-state index in [1.807, 2.05) is 0 Å². The first kappa shape index (κ1) is 10.8. The summed E-state index contributed by atoms with van der Waals surface area (Å²) in [7, 11) is 0. The summed E-state index contributed by atoms with van der Waals surface area (Å²) in [6.07, 6.45) is 3.34. The zero-order chi connectivity index (χ0) is 9.40. The first-order chi connectivity index (χ1) is 5.72. The predicted molar refractivity (Wildman–Crippen MR) is 44.0 cm³/mol. The molecule has 0 rings (SSSR count). The number of nitrogens with two attached hydrogens (primary N) is 2. The second-order valence-corrected chi connectivity index (χ2v) is 2.42. The molecule has 0 aliphatic carbocycles. The van der Waals surface area contributed by atoms with Gasteiger partial charge in [-0.3, -0.25) is 4.79 Å². The lowest BCUT2D eigenvalue weighted by molar-refractivity contribution is -0.119. The number of aliphatic imine (C=N–C) groups is 1. The molecule has 1 amide bonds. The second kappa shape index (κ2) is 6.52. The third-order valence-electron chi connectivity index (χ3n) is 1.47. The molecule has 12 heavy (non-hydrogen) atoms. The van der Waals surface area contributed by atoms with Gasteiger partial charge >= 0.3 is 0 Å². The fourth-order valence-electron chi connectivity index (χ4n) is 0.816. The Morgan fingerprint density at radius 2 is 2.17 bits per heavy atom. The number of carbonyl (C=O) groups excluding carboxylic acids is 2. The number of rotatable bonds is 6.